The number of nitrogens with zero attached hydrogens (tertiary/aromatic N) is 2. The number of carbonyl (C=O) groups excluding carboxylic acids is 1. The highest BCUT2D eigenvalue weighted by Crippen LogP contribution is 2.23. The zero-order valence-corrected chi connectivity index (χ0v) is 16.3. The molecule has 3 rings (SSSR count). The van der Waals surface area contributed by atoms with Crippen molar-refractivity contribution in [1.82, 2.24) is 10.2 Å². The van der Waals surface area contributed by atoms with E-state index in [-0.39, 0.29) is 16.0 Å². The van der Waals surface area contributed by atoms with E-state index in [1.165, 1.54) is 12.1 Å². The minimum Gasteiger partial charge on any atom is -0.322 e. The summed E-state index contributed by atoms with van der Waals surface area (Å²) in [6, 6.07) is 14.5. The molecule has 1 N–H and O–H groups in total. The molecule has 0 aliphatic heterocycles. The number of benzene rings is 2. The van der Waals surface area contributed by atoms with Crippen molar-refractivity contribution in [3.05, 3.63) is 70.2 Å². The van der Waals surface area contributed by atoms with E-state index in [1.54, 1.807) is 42.5 Å². The third kappa shape index (κ3) is 4.63. The average molecular weight is 422 g/mol. The Morgan fingerprint density at radius 2 is 1.67 bits per heavy atom. The predicted molar refractivity (Wildman–Crippen MR) is 105 cm³/mol. The van der Waals surface area contributed by atoms with E-state index in [1.807, 2.05) is 0 Å². The number of amides is 1. The number of hydrogen-bond donors (Lipinski definition) is 1. The third-order valence-corrected chi connectivity index (χ3v) is 5.16. The quantitative estimate of drug-likeness (QED) is 0.684. The first kappa shape index (κ1) is 19.3. The Morgan fingerprint density at radius 3 is 2.22 bits per heavy atom. The van der Waals surface area contributed by atoms with E-state index in [9.17, 15) is 13.2 Å². The van der Waals surface area contributed by atoms with Crippen LogP contribution < -0.4 is 5.32 Å². The molecule has 1 aromatic heterocycles. The molecular formula is C18H13Cl2N3O3S. The number of carbonyl (C=O) groups is 1. The van der Waals surface area contributed by atoms with E-state index in [0.29, 0.717) is 22.0 Å². The molecule has 0 aliphatic carbocycles. The fraction of sp³-hybridized carbons (Fsp3) is 0.0556. The van der Waals surface area contributed by atoms with Crippen LogP contribution in [-0.2, 0) is 9.84 Å². The van der Waals surface area contributed by atoms with Gasteiger partial charge in [0.2, 0.25) is 0 Å². The van der Waals surface area contributed by atoms with Crippen LogP contribution in [0.3, 0.4) is 0 Å². The Hall–Kier alpha value is -2.48. The van der Waals surface area contributed by atoms with Crippen molar-refractivity contribution in [1.29, 1.82) is 0 Å². The zero-order valence-electron chi connectivity index (χ0n) is 14.0. The van der Waals surface area contributed by atoms with E-state index in [4.69, 9.17) is 23.2 Å². The van der Waals surface area contributed by atoms with Crippen molar-refractivity contribution in [2.24, 2.45) is 0 Å². The first-order valence-corrected chi connectivity index (χ1v) is 10.3. The lowest BCUT2D eigenvalue weighted by Crippen LogP contribution is -2.12. The van der Waals surface area contributed by atoms with Gasteiger partial charge in [0, 0.05) is 22.5 Å². The molecule has 3 aromatic rings. The van der Waals surface area contributed by atoms with Crippen LogP contribution in [0.1, 0.15) is 10.4 Å². The summed E-state index contributed by atoms with van der Waals surface area (Å²) >= 11 is 11.9. The standard InChI is InChI=1S/C18H13Cl2N3O3S/c1-27(25,26)17-9-8-16(22-23-17)11-2-5-13(6-3-11)21-18(24)14-7-4-12(19)10-15(14)20/h2-10H,1H3,(H,21,24). The van der Waals surface area contributed by atoms with Gasteiger partial charge in [0.25, 0.3) is 5.91 Å². The molecule has 138 valence electrons. The second-order valence-electron chi connectivity index (χ2n) is 5.68. The summed E-state index contributed by atoms with van der Waals surface area (Å²) in [6.07, 6.45) is 1.07. The highest BCUT2D eigenvalue weighted by atomic mass is 35.5. The van der Waals surface area contributed by atoms with Crippen LogP contribution in [0.15, 0.2) is 59.6 Å². The molecule has 0 saturated heterocycles. The van der Waals surface area contributed by atoms with Gasteiger partial charge in [-0.25, -0.2) is 8.42 Å². The van der Waals surface area contributed by atoms with Gasteiger partial charge in [0.05, 0.1) is 16.3 Å². The molecule has 0 aliphatic rings. The summed E-state index contributed by atoms with van der Waals surface area (Å²) in [5, 5.41) is 11.0. The fourth-order valence-electron chi connectivity index (χ4n) is 2.27. The van der Waals surface area contributed by atoms with Crippen molar-refractivity contribution < 1.29 is 13.2 Å². The normalized spacial score (nSPS) is 11.2. The summed E-state index contributed by atoms with van der Waals surface area (Å²) in [7, 11) is -3.39. The van der Waals surface area contributed by atoms with Gasteiger partial charge >= 0.3 is 0 Å². The van der Waals surface area contributed by atoms with Gasteiger partial charge < -0.3 is 5.32 Å². The van der Waals surface area contributed by atoms with Gasteiger partial charge in [-0.2, -0.15) is 0 Å². The summed E-state index contributed by atoms with van der Waals surface area (Å²) in [4.78, 5) is 12.3. The highest BCUT2D eigenvalue weighted by molar-refractivity contribution is 7.90. The Labute approximate surface area is 166 Å². The number of anilines is 1. The van der Waals surface area contributed by atoms with E-state index in [2.05, 4.69) is 15.5 Å². The van der Waals surface area contributed by atoms with Crippen LogP contribution in [0.5, 0.6) is 0 Å². The monoisotopic (exact) mass is 421 g/mol. The number of sulfone groups is 1. The van der Waals surface area contributed by atoms with Crippen molar-refractivity contribution >= 4 is 44.6 Å². The zero-order chi connectivity index (χ0) is 19.6. The van der Waals surface area contributed by atoms with Crippen molar-refractivity contribution in [2.45, 2.75) is 5.03 Å². The van der Waals surface area contributed by atoms with Crippen LogP contribution >= 0.6 is 23.2 Å². The Morgan fingerprint density at radius 1 is 0.963 bits per heavy atom. The fourth-order valence-corrected chi connectivity index (χ4v) is 3.27. The molecule has 0 fully saturated rings. The Bertz CT molecular complexity index is 1100. The summed E-state index contributed by atoms with van der Waals surface area (Å²) < 4.78 is 22.9. The Kier molecular flexibility index (Phi) is 5.46. The van der Waals surface area contributed by atoms with Gasteiger partial charge in [-0.1, -0.05) is 35.3 Å². The molecule has 27 heavy (non-hydrogen) atoms. The minimum atomic E-state index is -3.39. The number of halogens is 2. The maximum atomic E-state index is 12.3. The largest absolute Gasteiger partial charge is 0.322 e. The van der Waals surface area contributed by atoms with E-state index in [0.717, 1.165) is 11.8 Å². The lowest BCUT2D eigenvalue weighted by Gasteiger charge is -2.08. The molecule has 0 bridgehead atoms. The lowest BCUT2D eigenvalue weighted by atomic mass is 10.1. The van der Waals surface area contributed by atoms with Crippen LogP contribution in [-0.4, -0.2) is 30.8 Å². The topological polar surface area (TPSA) is 89.0 Å². The molecule has 0 atom stereocenters. The van der Waals surface area contributed by atoms with Crippen LogP contribution in [0.25, 0.3) is 11.3 Å². The highest BCUT2D eigenvalue weighted by Gasteiger charge is 2.12. The van der Waals surface area contributed by atoms with Crippen LogP contribution in [0, 0.1) is 0 Å². The smallest absolute Gasteiger partial charge is 0.257 e. The molecule has 0 saturated carbocycles. The minimum absolute atomic E-state index is 0.0880. The number of hydrogen-bond acceptors (Lipinski definition) is 5. The van der Waals surface area contributed by atoms with Crippen LogP contribution in [0.4, 0.5) is 5.69 Å². The predicted octanol–water partition coefficient (Wildman–Crippen LogP) is 4.11. The van der Waals surface area contributed by atoms with E-state index < -0.39 is 9.84 Å². The van der Waals surface area contributed by atoms with E-state index >= 15 is 0 Å². The molecule has 0 radical (unpaired) electrons. The molecule has 9 heteroatoms. The lowest BCUT2D eigenvalue weighted by molar-refractivity contribution is 0.102. The number of nitrogens with one attached hydrogen (secondary N) is 1. The van der Waals surface area contributed by atoms with Crippen LogP contribution in [0.2, 0.25) is 10.0 Å². The van der Waals surface area contributed by atoms with Gasteiger partial charge in [0.15, 0.2) is 14.9 Å². The molecule has 1 heterocycles. The third-order valence-electron chi connectivity index (χ3n) is 3.63. The molecular weight excluding hydrogens is 409 g/mol. The summed E-state index contributed by atoms with van der Waals surface area (Å²) in [5.74, 6) is -0.360. The molecule has 6 nitrogen and oxygen atoms in total. The summed E-state index contributed by atoms with van der Waals surface area (Å²) in [5.41, 5.74) is 2.12. The van der Waals surface area contributed by atoms with Crippen molar-refractivity contribution in [2.75, 3.05) is 11.6 Å². The molecule has 2 aromatic carbocycles. The average Bonchev–Trinajstić information content (AvgIpc) is 2.61. The van der Waals surface area contributed by atoms with Gasteiger partial charge in [-0.3, -0.25) is 4.79 Å². The maximum absolute atomic E-state index is 12.3. The second kappa shape index (κ2) is 7.64. The van der Waals surface area contributed by atoms with Gasteiger partial charge in [0.1, 0.15) is 0 Å². The number of aromatic nitrogens is 2. The molecule has 0 spiro atoms. The van der Waals surface area contributed by atoms with Gasteiger partial charge in [-0.05, 0) is 42.5 Å². The first-order chi connectivity index (χ1) is 12.7. The second-order valence-corrected chi connectivity index (χ2v) is 8.49. The van der Waals surface area contributed by atoms with Crippen molar-refractivity contribution in [3.8, 4) is 11.3 Å². The summed E-state index contributed by atoms with van der Waals surface area (Å²) in [6.45, 7) is 0. The van der Waals surface area contributed by atoms with Crippen molar-refractivity contribution in [3.63, 3.8) is 0 Å². The Balaban J connectivity index is 1.76. The molecule has 0 unspecified atom stereocenters. The molecule has 1 amide bonds. The van der Waals surface area contributed by atoms with Gasteiger partial charge in [-0.15, -0.1) is 10.2 Å². The number of rotatable bonds is 4. The SMILES string of the molecule is CS(=O)(=O)c1ccc(-c2ccc(NC(=O)c3ccc(Cl)cc3Cl)cc2)nn1. The first-order valence-electron chi connectivity index (χ1n) is 7.65. The maximum Gasteiger partial charge on any atom is 0.257 e.